The molecule has 3 nitrogen and oxygen atoms in total. The molecule has 2 aromatic carbocycles. The van der Waals surface area contributed by atoms with Crippen LogP contribution in [0.3, 0.4) is 0 Å². The van der Waals surface area contributed by atoms with E-state index in [0.717, 1.165) is 28.2 Å². The lowest BCUT2D eigenvalue weighted by atomic mass is 10.2. The van der Waals surface area contributed by atoms with Gasteiger partial charge in [0.25, 0.3) is 0 Å². The molecule has 0 bridgehead atoms. The minimum atomic E-state index is 0.829. The number of aromatic nitrogens is 3. The number of thioether (sulfide) groups is 1. The first-order valence-corrected chi connectivity index (χ1v) is 9.93. The van der Waals surface area contributed by atoms with Gasteiger partial charge in [0, 0.05) is 35.6 Å². The van der Waals surface area contributed by atoms with Crippen LogP contribution >= 0.6 is 23.1 Å². The van der Waals surface area contributed by atoms with Crippen molar-refractivity contribution in [2.45, 2.75) is 17.5 Å². The molecule has 0 saturated heterocycles. The van der Waals surface area contributed by atoms with Crippen molar-refractivity contribution >= 4 is 23.1 Å². The summed E-state index contributed by atoms with van der Waals surface area (Å²) in [6, 6.07) is 20.8. The van der Waals surface area contributed by atoms with Gasteiger partial charge in [-0.1, -0.05) is 72.4 Å². The molecule has 0 atom stereocenters. The van der Waals surface area contributed by atoms with Crippen molar-refractivity contribution < 1.29 is 0 Å². The largest absolute Gasteiger partial charge is 0.322 e. The van der Waals surface area contributed by atoms with Crippen LogP contribution < -0.4 is 0 Å². The molecule has 0 aliphatic heterocycles. The minimum Gasteiger partial charge on any atom is -0.322 e. The Balaban J connectivity index is 1.43. The van der Waals surface area contributed by atoms with E-state index in [-0.39, 0.29) is 0 Å². The van der Waals surface area contributed by atoms with Gasteiger partial charge in [0.1, 0.15) is 5.01 Å². The number of rotatable bonds is 6. The fraction of sp³-hybridized carbons (Fsp3) is 0.100. The van der Waals surface area contributed by atoms with Gasteiger partial charge in [-0.3, -0.25) is 0 Å². The molecule has 2 aromatic heterocycles. The Morgan fingerprint density at radius 3 is 2.52 bits per heavy atom. The van der Waals surface area contributed by atoms with E-state index in [1.807, 2.05) is 36.7 Å². The smallest absolute Gasteiger partial charge is 0.168 e. The molecule has 0 radical (unpaired) electrons. The van der Waals surface area contributed by atoms with Crippen LogP contribution in [-0.4, -0.2) is 14.5 Å². The number of benzene rings is 2. The van der Waals surface area contributed by atoms with Gasteiger partial charge in [-0.15, -0.1) is 11.3 Å². The Morgan fingerprint density at radius 2 is 1.72 bits per heavy atom. The van der Waals surface area contributed by atoms with Crippen molar-refractivity contribution in [1.29, 1.82) is 0 Å². The van der Waals surface area contributed by atoms with Crippen LogP contribution in [-0.2, 0) is 12.3 Å². The first kappa shape index (κ1) is 16.1. The summed E-state index contributed by atoms with van der Waals surface area (Å²) in [5, 5.41) is 4.24. The molecular formula is C20H17N3S2. The van der Waals surface area contributed by atoms with Gasteiger partial charge < -0.3 is 4.57 Å². The van der Waals surface area contributed by atoms with Gasteiger partial charge in [0.05, 0.1) is 5.69 Å². The quantitative estimate of drug-likeness (QED) is 0.433. The van der Waals surface area contributed by atoms with E-state index in [1.54, 1.807) is 23.1 Å². The SMILES string of the molecule is c1ccc(Cn2ccnc2SCc2csc(-c3ccccc3)n2)cc1. The highest BCUT2D eigenvalue weighted by atomic mass is 32.2. The molecule has 0 aliphatic carbocycles. The van der Waals surface area contributed by atoms with Gasteiger partial charge in [-0.2, -0.15) is 0 Å². The molecule has 0 N–H and O–H groups in total. The van der Waals surface area contributed by atoms with Crippen molar-refractivity contribution in [3.63, 3.8) is 0 Å². The molecule has 4 aromatic rings. The van der Waals surface area contributed by atoms with E-state index in [0.29, 0.717) is 0 Å². The molecule has 0 unspecified atom stereocenters. The van der Waals surface area contributed by atoms with E-state index < -0.39 is 0 Å². The summed E-state index contributed by atoms with van der Waals surface area (Å²) in [5.41, 5.74) is 3.56. The van der Waals surface area contributed by atoms with Gasteiger partial charge >= 0.3 is 0 Å². The van der Waals surface area contributed by atoms with Crippen molar-refractivity contribution in [3.8, 4) is 10.6 Å². The predicted octanol–water partition coefficient (Wildman–Crippen LogP) is 5.35. The number of thiazole rings is 1. The molecule has 5 heteroatoms. The molecule has 124 valence electrons. The van der Waals surface area contributed by atoms with Gasteiger partial charge in [-0.05, 0) is 5.56 Å². The Labute approximate surface area is 155 Å². The van der Waals surface area contributed by atoms with E-state index in [9.17, 15) is 0 Å². The number of imidazole rings is 1. The van der Waals surface area contributed by atoms with E-state index in [1.165, 1.54) is 11.1 Å². The maximum absolute atomic E-state index is 4.75. The second kappa shape index (κ2) is 7.68. The van der Waals surface area contributed by atoms with E-state index in [4.69, 9.17) is 4.98 Å². The van der Waals surface area contributed by atoms with Crippen LogP contribution in [0, 0.1) is 0 Å². The summed E-state index contributed by atoms with van der Waals surface area (Å²) in [5.74, 6) is 0.829. The van der Waals surface area contributed by atoms with Crippen LogP contribution in [0.2, 0.25) is 0 Å². The Morgan fingerprint density at radius 1 is 0.960 bits per heavy atom. The van der Waals surface area contributed by atoms with Crippen molar-refractivity contribution in [3.05, 3.63) is 89.7 Å². The molecule has 4 rings (SSSR count). The standard InChI is InChI=1S/C20H17N3S2/c1-3-7-16(8-4-1)13-23-12-11-21-20(23)25-15-18-14-24-19(22-18)17-9-5-2-6-10-17/h1-12,14H,13,15H2. The van der Waals surface area contributed by atoms with Crippen LogP contribution in [0.1, 0.15) is 11.3 Å². The summed E-state index contributed by atoms with van der Waals surface area (Å²) in [6.07, 6.45) is 3.90. The zero-order valence-electron chi connectivity index (χ0n) is 13.6. The molecule has 25 heavy (non-hydrogen) atoms. The predicted molar refractivity (Wildman–Crippen MR) is 105 cm³/mol. The second-order valence-corrected chi connectivity index (χ2v) is 7.42. The molecule has 2 heterocycles. The third kappa shape index (κ3) is 4.00. The van der Waals surface area contributed by atoms with Crippen LogP contribution in [0.25, 0.3) is 10.6 Å². The highest BCUT2D eigenvalue weighted by Gasteiger charge is 2.08. The Bertz CT molecular complexity index is 930. The van der Waals surface area contributed by atoms with Crippen LogP contribution in [0.5, 0.6) is 0 Å². The van der Waals surface area contributed by atoms with Crippen molar-refractivity contribution in [2.75, 3.05) is 0 Å². The molecular weight excluding hydrogens is 346 g/mol. The Kier molecular flexibility index (Phi) is 4.95. The lowest BCUT2D eigenvalue weighted by Gasteiger charge is -2.07. The third-order valence-corrected chi connectivity index (χ3v) is 5.77. The maximum atomic E-state index is 4.75. The van der Waals surface area contributed by atoms with Crippen LogP contribution in [0.15, 0.2) is 83.6 Å². The summed E-state index contributed by atoms with van der Waals surface area (Å²) >= 11 is 3.43. The number of nitrogens with zero attached hydrogens (tertiary/aromatic N) is 3. The summed E-state index contributed by atoms with van der Waals surface area (Å²) in [7, 11) is 0. The highest BCUT2D eigenvalue weighted by Crippen LogP contribution is 2.27. The average molecular weight is 364 g/mol. The molecule has 0 aliphatic rings. The molecule has 0 amide bonds. The number of hydrogen-bond acceptors (Lipinski definition) is 4. The lowest BCUT2D eigenvalue weighted by Crippen LogP contribution is -2.00. The lowest BCUT2D eigenvalue weighted by molar-refractivity contribution is 0.708. The second-order valence-electron chi connectivity index (χ2n) is 5.62. The highest BCUT2D eigenvalue weighted by molar-refractivity contribution is 7.98. The Hall–Kier alpha value is -2.37. The summed E-state index contributed by atoms with van der Waals surface area (Å²) in [4.78, 5) is 9.25. The van der Waals surface area contributed by atoms with Crippen molar-refractivity contribution in [2.24, 2.45) is 0 Å². The average Bonchev–Trinajstić information content (AvgIpc) is 3.31. The van der Waals surface area contributed by atoms with Crippen molar-refractivity contribution in [1.82, 2.24) is 14.5 Å². The van der Waals surface area contributed by atoms with E-state index in [2.05, 4.69) is 51.3 Å². The number of hydrogen-bond donors (Lipinski definition) is 0. The normalized spacial score (nSPS) is 10.9. The summed E-state index contributed by atoms with van der Waals surface area (Å²) < 4.78 is 2.18. The summed E-state index contributed by atoms with van der Waals surface area (Å²) in [6.45, 7) is 0.843. The zero-order chi connectivity index (χ0) is 16.9. The van der Waals surface area contributed by atoms with Gasteiger partial charge in [0.2, 0.25) is 0 Å². The fourth-order valence-electron chi connectivity index (χ4n) is 2.56. The van der Waals surface area contributed by atoms with Gasteiger partial charge in [-0.25, -0.2) is 9.97 Å². The topological polar surface area (TPSA) is 30.7 Å². The molecule has 0 saturated carbocycles. The maximum Gasteiger partial charge on any atom is 0.168 e. The molecule has 0 spiro atoms. The first-order chi connectivity index (χ1) is 12.4. The zero-order valence-corrected chi connectivity index (χ0v) is 15.2. The first-order valence-electron chi connectivity index (χ1n) is 8.06. The van der Waals surface area contributed by atoms with E-state index >= 15 is 0 Å². The van der Waals surface area contributed by atoms with Crippen LogP contribution in [0.4, 0.5) is 0 Å². The minimum absolute atomic E-state index is 0.829. The van der Waals surface area contributed by atoms with Gasteiger partial charge in [0.15, 0.2) is 5.16 Å². The monoisotopic (exact) mass is 363 g/mol. The fourth-order valence-corrected chi connectivity index (χ4v) is 4.34. The molecule has 0 fully saturated rings. The third-order valence-electron chi connectivity index (χ3n) is 3.79.